The summed E-state index contributed by atoms with van der Waals surface area (Å²) in [7, 11) is 0. The molecule has 9 aromatic rings. The summed E-state index contributed by atoms with van der Waals surface area (Å²) in [5, 5.41) is 4.42. The highest BCUT2D eigenvalue weighted by Gasteiger charge is 2.18. The van der Waals surface area contributed by atoms with Crippen molar-refractivity contribution in [3.05, 3.63) is 164 Å². The number of furan rings is 1. The third kappa shape index (κ3) is 4.84. The van der Waals surface area contributed by atoms with Gasteiger partial charge in [0.15, 0.2) is 17.5 Å². The summed E-state index contributed by atoms with van der Waals surface area (Å²) in [5.74, 6) is 1.87. The molecule has 0 amide bonds. The fourth-order valence-corrected chi connectivity index (χ4v) is 6.40. The van der Waals surface area contributed by atoms with Crippen molar-refractivity contribution in [1.82, 2.24) is 15.0 Å². The smallest absolute Gasteiger partial charge is 0.164 e. The molecule has 0 radical (unpaired) electrons. The summed E-state index contributed by atoms with van der Waals surface area (Å²) >= 11 is 0. The van der Waals surface area contributed by atoms with Crippen molar-refractivity contribution in [3.8, 4) is 56.4 Å². The molecule has 0 fully saturated rings. The highest BCUT2D eigenvalue weighted by Crippen LogP contribution is 2.42. The molecule has 0 spiro atoms. The van der Waals surface area contributed by atoms with Crippen LogP contribution < -0.4 is 0 Å². The molecule has 0 aliphatic rings. The molecule has 0 saturated carbocycles. The van der Waals surface area contributed by atoms with Crippen LogP contribution in [0.1, 0.15) is 0 Å². The van der Waals surface area contributed by atoms with Crippen molar-refractivity contribution in [1.29, 1.82) is 0 Å². The minimum atomic E-state index is 0.612. The van der Waals surface area contributed by atoms with Crippen molar-refractivity contribution < 1.29 is 4.42 Å². The molecule has 0 atom stereocenters. The number of rotatable bonds is 5. The number of benzene rings is 7. The van der Waals surface area contributed by atoms with Crippen molar-refractivity contribution in [3.63, 3.8) is 0 Å². The second kappa shape index (κ2) is 11.2. The molecule has 0 aliphatic carbocycles. The zero-order chi connectivity index (χ0) is 31.2. The number of hydrogen-bond acceptors (Lipinski definition) is 4. The summed E-state index contributed by atoms with van der Waals surface area (Å²) in [6, 6.07) is 56.3. The van der Waals surface area contributed by atoms with E-state index in [1.165, 1.54) is 16.3 Å². The van der Waals surface area contributed by atoms with Gasteiger partial charge in [-0.2, -0.15) is 0 Å². The van der Waals surface area contributed by atoms with Crippen molar-refractivity contribution in [2.75, 3.05) is 0 Å². The Morgan fingerprint density at radius 2 is 0.830 bits per heavy atom. The van der Waals surface area contributed by atoms with Gasteiger partial charge in [0.25, 0.3) is 0 Å². The highest BCUT2D eigenvalue weighted by atomic mass is 16.3. The van der Waals surface area contributed by atoms with Gasteiger partial charge < -0.3 is 4.42 Å². The maximum atomic E-state index is 6.62. The topological polar surface area (TPSA) is 51.8 Å². The average Bonchev–Trinajstić information content (AvgIpc) is 3.52. The van der Waals surface area contributed by atoms with Crippen molar-refractivity contribution >= 4 is 32.7 Å². The Bertz CT molecular complexity index is 2540. The lowest BCUT2D eigenvalue weighted by Gasteiger charge is -2.09. The minimum absolute atomic E-state index is 0.612. The van der Waals surface area contributed by atoms with E-state index >= 15 is 0 Å². The Balaban J connectivity index is 1.22. The van der Waals surface area contributed by atoms with Crippen molar-refractivity contribution in [2.45, 2.75) is 0 Å². The quantitative estimate of drug-likeness (QED) is 0.197. The second-order valence-corrected chi connectivity index (χ2v) is 11.6. The molecule has 47 heavy (non-hydrogen) atoms. The van der Waals surface area contributed by atoms with E-state index in [0.717, 1.165) is 55.3 Å². The second-order valence-electron chi connectivity index (χ2n) is 11.6. The molecule has 0 N–H and O–H groups in total. The highest BCUT2D eigenvalue weighted by molar-refractivity contribution is 6.18. The van der Waals surface area contributed by atoms with Crippen LogP contribution in [0.4, 0.5) is 0 Å². The van der Waals surface area contributed by atoms with Crippen LogP contribution in [0, 0.1) is 0 Å². The van der Waals surface area contributed by atoms with E-state index < -0.39 is 0 Å². The standard InChI is InChI=1S/C43H27N3O/c1-4-12-28(13-5-1)29-20-22-32(23-21-29)42-44-41(31-16-8-3-9-17-31)45-43(46-42)34-24-25-38-36(27-34)37-26-33-18-10-11-19-35(33)39(40(37)47-38)30-14-6-2-7-15-30/h1-27H. The Morgan fingerprint density at radius 3 is 1.51 bits per heavy atom. The van der Waals surface area contributed by atoms with E-state index in [1.54, 1.807) is 0 Å². The predicted molar refractivity (Wildman–Crippen MR) is 192 cm³/mol. The Hall–Kier alpha value is -6.39. The lowest BCUT2D eigenvalue weighted by atomic mass is 9.95. The number of aromatic nitrogens is 3. The Morgan fingerprint density at radius 1 is 0.340 bits per heavy atom. The Labute approximate surface area is 271 Å². The molecular weight excluding hydrogens is 574 g/mol. The van der Waals surface area contributed by atoms with Crippen LogP contribution in [-0.2, 0) is 0 Å². The molecule has 0 unspecified atom stereocenters. The van der Waals surface area contributed by atoms with Crippen LogP contribution in [0.25, 0.3) is 89.1 Å². The van der Waals surface area contributed by atoms with Crippen LogP contribution in [0.15, 0.2) is 168 Å². The number of fused-ring (bicyclic) bond motifs is 4. The van der Waals surface area contributed by atoms with Gasteiger partial charge in [-0.1, -0.05) is 140 Å². The molecule has 2 aromatic heterocycles. The first-order chi connectivity index (χ1) is 23.3. The van der Waals surface area contributed by atoms with Crippen LogP contribution in [0.5, 0.6) is 0 Å². The van der Waals surface area contributed by atoms with Gasteiger partial charge in [-0.15, -0.1) is 0 Å². The van der Waals surface area contributed by atoms with Crippen LogP contribution >= 0.6 is 0 Å². The first-order valence-corrected chi connectivity index (χ1v) is 15.7. The number of hydrogen-bond donors (Lipinski definition) is 0. The van der Waals surface area contributed by atoms with Gasteiger partial charge in [-0.25, -0.2) is 15.0 Å². The molecule has 4 heteroatoms. The summed E-state index contributed by atoms with van der Waals surface area (Å²) in [6.45, 7) is 0. The van der Waals surface area contributed by atoms with Crippen LogP contribution in [0.2, 0.25) is 0 Å². The third-order valence-electron chi connectivity index (χ3n) is 8.72. The molecule has 0 bridgehead atoms. The normalized spacial score (nSPS) is 11.4. The number of nitrogens with zero attached hydrogens (tertiary/aromatic N) is 3. The monoisotopic (exact) mass is 601 g/mol. The molecule has 9 rings (SSSR count). The molecule has 0 aliphatic heterocycles. The van der Waals surface area contributed by atoms with Gasteiger partial charge in [0, 0.05) is 33.0 Å². The zero-order valence-corrected chi connectivity index (χ0v) is 25.3. The van der Waals surface area contributed by atoms with Crippen molar-refractivity contribution in [2.24, 2.45) is 0 Å². The molecule has 2 heterocycles. The minimum Gasteiger partial charge on any atom is -0.455 e. The third-order valence-corrected chi connectivity index (χ3v) is 8.72. The molecule has 0 saturated heterocycles. The maximum absolute atomic E-state index is 6.62. The fourth-order valence-electron chi connectivity index (χ4n) is 6.40. The first kappa shape index (κ1) is 27.0. The maximum Gasteiger partial charge on any atom is 0.164 e. The summed E-state index contributed by atoms with van der Waals surface area (Å²) in [6.07, 6.45) is 0. The van der Waals surface area contributed by atoms with Gasteiger partial charge in [-0.3, -0.25) is 0 Å². The van der Waals surface area contributed by atoms with E-state index in [9.17, 15) is 0 Å². The van der Waals surface area contributed by atoms with E-state index in [1.807, 2.05) is 54.6 Å². The summed E-state index contributed by atoms with van der Waals surface area (Å²) < 4.78 is 6.62. The lowest BCUT2D eigenvalue weighted by molar-refractivity contribution is 0.670. The zero-order valence-electron chi connectivity index (χ0n) is 25.3. The average molecular weight is 602 g/mol. The molecule has 220 valence electrons. The van der Waals surface area contributed by atoms with E-state index in [-0.39, 0.29) is 0 Å². The summed E-state index contributed by atoms with van der Waals surface area (Å²) in [5.41, 5.74) is 9.01. The van der Waals surface area contributed by atoms with Gasteiger partial charge in [0.1, 0.15) is 11.2 Å². The fraction of sp³-hybridized carbons (Fsp3) is 0. The molecular formula is C43H27N3O. The van der Waals surface area contributed by atoms with Gasteiger partial charge in [0.05, 0.1) is 0 Å². The largest absolute Gasteiger partial charge is 0.455 e. The van der Waals surface area contributed by atoms with Gasteiger partial charge >= 0.3 is 0 Å². The Kier molecular flexibility index (Phi) is 6.43. The molecule has 7 aromatic carbocycles. The summed E-state index contributed by atoms with van der Waals surface area (Å²) in [4.78, 5) is 15.0. The van der Waals surface area contributed by atoms with Gasteiger partial charge in [0.2, 0.25) is 0 Å². The molecule has 4 nitrogen and oxygen atoms in total. The first-order valence-electron chi connectivity index (χ1n) is 15.7. The van der Waals surface area contributed by atoms with Gasteiger partial charge in [-0.05, 0) is 51.7 Å². The SMILES string of the molecule is c1ccc(-c2ccc(-c3nc(-c4ccccc4)nc(-c4ccc5oc6c(-c7ccccc7)c7ccccc7cc6c5c4)n3)cc2)cc1. The lowest BCUT2D eigenvalue weighted by Crippen LogP contribution is -2.00. The van der Waals surface area contributed by atoms with E-state index in [4.69, 9.17) is 19.4 Å². The van der Waals surface area contributed by atoms with E-state index in [0.29, 0.717) is 17.5 Å². The van der Waals surface area contributed by atoms with Crippen LogP contribution in [-0.4, -0.2) is 15.0 Å². The predicted octanol–water partition coefficient (Wildman–Crippen LogP) is 11.3. The van der Waals surface area contributed by atoms with Crippen LogP contribution in [0.3, 0.4) is 0 Å². The van der Waals surface area contributed by atoms with E-state index in [2.05, 4.69) is 109 Å².